The molecule has 0 fully saturated rings. The molecule has 0 saturated heterocycles. The van der Waals surface area contributed by atoms with E-state index < -0.39 is 0 Å². The zero-order valence-corrected chi connectivity index (χ0v) is 8.92. The van der Waals surface area contributed by atoms with E-state index in [-0.39, 0.29) is 31.0 Å². The molecule has 1 aromatic rings. The Labute approximate surface area is 88.3 Å². The number of aliphatic hydroxyl groups is 1. The number of aromatic nitrogens is 3. The van der Waals surface area contributed by atoms with Crippen molar-refractivity contribution >= 4 is 5.91 Å². The molecule has 1 aromatic heterocycles. The Morgan fingerprint density at radius 3 is 2.87 bits per heavy atom. The normalized spacial score (nSPS) is 14.6. The van der Waals surface area contributed by atoms with Gasteiger partial charge in [0.2, 0.25) is 5.91 Å². The molecule has 0 radical (unpaired) electrons. The van der Waals surface area contributed by atoms with Crippen LogP contribution in [0.3, 0.4) is 0 Å². The molecular weight excluding hydrogens is 196 g/mol. The van der Waals surface area contributed by atoms with Gasteiger partial charge in [0.15, 0.2) is 0 Å². The second-order valence-corrected chi connectivity index (χ2v) is 3.62. The van der Waals surface area contributed by atoms with Crippen molar-refractivity contribution in [2.45, 2.75) is 26.4 Å². The Bertz CT molecular complexity index is 299. The number of rotatable bonds is 5. The summed E-state index contributed by atoms with van der Waals surface area (Å²) in [6.45, 7) is 3.95. The van der Waals surface area contributed by atoms with Gasteiger partial charge in [-0.1, -0.05) is 12.1 Å². The molecular formula is C9H16N4O2. The molecule has 84 valence electrons. The van der Waals surface area contributed by atoms with Crippen molar-refractivity contribution in [3.8, 4) is 0 Å². The summed E-state index contributed by atoms with van der Waals surface area (Å²) in [4.78, 5) is 11.5. The van der Waals surface area contributed by atoms with Crippen molar-refractivity contribution in [1.82, 2.24) is 20.3 Å². The number of nitrogens with zero attached hydrogens (tertiary/aromatic N) is 3. The molecule has 0 bridgehead atoms. The van der Waals surface area contributed by atoms with Crippen LogP contribution < -0.4 is 5.32 Å². The van der Waals surface area contributed by atoms with E-state index >= 15 is 0 Å². The van der Waals surface area contributed by atoms with E-state index in [2.05, 4.69) is 15.6 Å². The summed E-state index contributed by atoms with van der Waals surface area (Å²) in [5, 5.41) is 19.0. The molecule has 0 spiro atoms. The highest BCUT2D eigenvalue weighted by Crippen LogP contribution is 2.00. The van der Waals surface area contributed by atoms with Gasteiger partial charge in [0.25, 0.3) is 0 Å². The molecule has 2 N–H and O–H groups in total. The van der Waals surface area contributed by atoms with E-state index in [1.807, 2.05) is 13.8 Å². The van der Waals surface area contributed by atoms with Crippen LogP contribution in [0.2, 0.25) is 0 Å². The molecule has 0 saturated carbocycles. The third-order valence-corrected chi connectivity index (χ3v) is 2.31. The van der Waals surface area contributed by atoms with Gasteiger partial charge in [-0.3, -0.25) is 4.79 Å². The van der Waals surface area contributed by atoms with E-state index in [0.29, 0.717) is 0 Å². The van der Waals surface area contributed by atoms with Gasteiger partial charge in [0.05, 0.1) is 6.20 Å². The molecule has 0 aromatic carbocycles. The predicted molar refractivity (Wildman–Crippen MR) is 53.9 cm³/mol. The quantitative estimate of drug-likeness (QED) is 0.683. The predicted octanol–water partition coefficient (Wildman–Crippen LogP) is -0.589. The molecule has 0 aliphatic rings. The van der Waals surface area contributed by atoms with Crippen molar-refractivity contribution in [2.24, 2.45) is 5.92 Å². The first-order valence-corrected chi connectivity index (χ1v) is 4.87. The van der Waals surface area contributed by atoms with Crippen LogP contribution in [0.5, 0.6) is 0 Å². The minimum absolute atomic E-state index is 0.0460. The summed E-state index contributed by atoms with van der Waals surface area (Å²) in [7, 11) is 0. The first-order chi connectivity index (χ1) is 7.13. The zero-order chi connectivity index (χ0) is 11.3. The van der Waals surface area contributed by atoms with Crippen LogP contribution in [0.1, 0.15) is 13.8 Å². The molecule has 0 aliphatic carbocycles. The molecule has 2 unspecified atom stereocenters. The molecule has 1 rings (SSSR count). The number of hydrogen-bond donors (Lipinski definition) is 2. The van der Waals surface area contributed by atoms with Gasteiger partial charge in [-0.05, 0) is 12.8 Å². The summed E-state index contributed by atoms with van der Waals surface area (Å²) in [5.41, 5.74) is 0. The first-order valence-electron chi connectivity index (χ1n) is 4.87. The lowest BCUT2D eigenvalue weighted by molar-refractivity contribution is -0.122. The summed E-state index contributed by atoms with van der Waals surface area (Å²) in [6.07, 6.45) is 3.15. The van der Waals surface area contributed by atoms with Crippen molar-refractivity contribution in [2.75, 3.05) is 6.61 Å². The van der Waals surface area contributed by atoms with Gasteiger partial charge in [-0.2, -0.15) is 0 Å². The Balaban J connectivity index is 2.36. The number of nitrogens with one attached hydrogen (secondary N) is 1. The summed E-state index contributed by atoms with van der Waals surface area (Å²) < 4.78 is 1.45. The fourth-order valence-corrected chi connectivity index (χ4v) is 1.06. The fraction of sp³-hybridized carbons (Fsp3) is 0.667. The van der Waals surface area contributed by atoms with Crippen molar-refractivity contribution in [3.05, 3.63) is 12.4 Å². The summed E-state index contributed by atoms with van der Waals surface area (Å²) >= 11 is 0. The summed E-state index contributed by atoms with van der Waals surface area (Å²) in [5.74, 6) is -0.0852. The minimum atomic E-state index is -0.131. The molecule has 2 atom stereocenters. The lowest BCUT2D eigenvalue weighted by Gasteiger charge is -2.18. The van der Waals surface area contributed by atoms with Crippen LogP contribution >= 0.6 is 0 Å². The van der Waals surface area contributed by atoms with Crippen LogP contribution in [0.25, 0.3) is 0 Å². The van der Waals surface area contributed by atoms with E-state index in [4.69, 9.17) is 5.11 Å². The van der Waals surface area contributed by atoms with Gasteiger partial charge in [0.1, 0.15) is 6.54 Å². The Morgan fingerprint density at radius 2 is 2.33 bits per heavy atom. The highest BCUT2D eigenvalue weighted by Gasteiger charge is 2.13. The second-order valence-electron chi connectivity index (χ2n) is 3.62. The van der Waals surface area contributed by atoms with E-state index in [0.717, 1.165) is 0 Å². The third kappa shape index (κ3) is 3.67. The van der Waals surface area contributed by atoms with Crippen LogP contribution in [-0.4, -0.2) is 38.7 Å². The van der Waals surface area contributed by atoms with E-state index in [1.54, 1.807) is 6.20 Å². The van der Waals surface area contributed by atoms with Gasteiger partial charge in [0, 0.05) is 18.8 Å². The third-order valence-electron chi connectivity index (χ3n) is 2.31. The number of aliphatic hydroxyl groups excluding tert-OH is 1. The first kappa shape index (κ1) is 11.6. The molecule has 1 heterocycles. The molecule has 1 amide bonds. The van der Waals surface area contributed by atoms with E-state index in [1.165, 1.54) is 10.9 Å². The van der Waals surface area contributed by atoms with Crippen LogP contribution in [0, 0.1) is 5.92 Å². The maximum atomic E-state index is 11.5. The molecule has 15 heavy (non-hydrogen) atoms. The number of carbonyl (C=O) groups is 1. The standard InChI is InChI=1S/C9H16N4O2/c1-7(6-14)8(2)11-9(15)5-13-4-3-10-12-13/h3-4,7-8,14H,5-6H2,1-2H3,(H,11,15). The van der Waals surface area contributed by atoms with Crippen LogP contribution in [0.15, 0.2) is 12.4 Å². The molecule has 6 nitrogen and oxygen atoms in total. The fourth-order valence-electron chi connectivity index (χ4n) is 1.06. The van der Waals surface area contributed by atoms with Gasteiger partial charge < -0.3 is 10.4 Å². The summed E-state index contributed by atoms with van der Waals surface area (Å²) in [6, 6.07) is -0.0500. The number of amides is 1. The topological polar surface area (TPSA) is 80.0 Å². The number of hydrogen-bond acceptors (Lipinski definition) is 4. The van der Waals surface area contributed by atoms with Crippen LogP contribution in [0.4, 0.5) is 0 Å². The van der Waals surface area contributed by atoms with Crippen molar-refractivity contribution in [1.29, 1.82) is 0 Å². The average Bonchev–Trinajstić information content (AvgIpc) is 2.68. The van der Waals surface area contributed by atoms with Crippen LogP contribution in [-0.2, 0) is 11.3 Å². The maximum Gasteiger partial charge on any atom is 0.242 e. The lowest BCUT2D eigenvalue weighted by atomic mass is 10.1. The molecule has 0 aliphatic heterocycles. The maximum absolute atomic E-state index is 11.5. The van der Waals surface area contributed by atoms with Crippen molar-refractivity contribution in [3.63, 3.8) is 0 Å². The average molecular weight is 212 g/mol. The monoisotopic (exact) mass is 212 g/mol. The zero-order valence-electron chi connectivity index (χ0n) is 8.92. The lowest BCUT2D eigenvalue weighted by Crippen LogP contribution is -2.40. The molecule has 6 heteroatoms. The minimum Gasteiger partial charge on any atom is -0.396 e. The van der Waals surface area contributed by atoms with E-state index in [9.17, 15) is 4.79 Å². The smallest absolute Gasteiger partial charge is 0.242 e. The highest BCUT2D eigenvalue weighted by atomic mass is 16.3. The number of carbonyl (C=O) groups excluding carboxylic acids is 1. The second kappa shape index (κ2) is 5.45. The Kier molecular flexibility index (Phi) is 4.23. The largest absolute Gasteiger partial charge is 0.396 e. The Morgan fingerprint density at radius 1 is 1.60 bits per heavy atom. The SMILES string of the molecule is CC(CO)C(C)NC(=O)Cn1ccnn1. The van der Waals surface area contributed by atoms with Gasteiger partial charge >= 0.3 is 0 Å². The van der Waals surface area contributed by atoms with Gasteiger partial charge in [-0.25, -0.2) is 4.68 Å². The Hall–Kier alpha value is -1.43. The van der Waals surface area contributed by atoms with Crippen molar-refractivity contribution < 1.29 is 9.90 Å². The van der Waals surface area contributed by atoms with Gasteiger partial charge in [-0.15, -0.1) is 5.10 Å². The highest BCUT2D eigenvalue weighted by molar-refractivity contribution is 5.75.